The number of hydrogen-bond acceptors (Lipinski definition) is 4. The molecular weight excluding hydrogens is 354 g/mol. The van der Waals surface area contributed by atoms with Gasteiger partial charge in [0.2, 0.25) is 0 Å². The summed E-state index contributed by atoms with van der Waals surface area (Å²) in [5.41, 5.74) is 0.375. The Hall–Kier alpha value is -1.01. The van der Waals surface area contributed by atoms with Crippen LogP contribution in [0, 0.1) is 0 Å². The smallest absolute Gasteiger partial charge is 0.190 e. The van der Waals surface area contributed by atoms with Crippen molar-refractivity contribution in [1.29, 1.82) is 0 Å². The van der Waals surface area contributed by atoms with Crippen molar-refractivity contribution in [3.8, 4) is 11.5 Å². The van der Waals surface area contributed by atoms with E-state index < -0.39 is 0 Å². The average Bonchev–Trinajstić information content (AvgIpc) is 2.59. The van der Waals surface area contributed by atoms with Crippen molar-refractivity contribution < 1.29 is 19.0 Å². The van der Waals surface area contributed by atoms with Gasteiger partial charge in [-0.15, -0.1) is 0 Å². The Morgan fingerprint density at radius 2 is 1.84 bits per heavy atom. The first-order valence-electron chi connectivity index (χ1n) is 7.60. The molecule has 7 heteroatoms. The number of carbonyl (C=O) groups is 1. The molecule has 0 spiro atoms. The van der Waals surface area contributed by atoms with Gasteiger partial charge in [0.25, 0.3) is 0 Å². The standard InChI is InChI=1S/C18H20ClO4P.Li/c1-3-22-11-12-23-13-7-9-14(10-8-13)24-18(20)17-15(19)5-4-6-16(17)21-2;/h4-10,24H,3,11-12H2,1-2H3;. The van der Waals surface area contributed by atoms with E-state index in [-0.39, 0.29) is 33.0 Å². The molecule has 1 radical (unpaired) electrons. The number of rotatable bonds is 9. The second kappa shape index (κ2) is 11.6. The largest absolute Gasteiger partial charge is 0.496 e. The zero-order valence-corrected chi connectivity index (χ0v) is 16.4. The van der Waals surface area contributed by atoms with Crippen molar-refractivity contribution in [2.24, 2.45) is 0 Å². The molecular formula is C18H20ClLiO4P. The molecule has 0 aromatic heterocycles. The molecule has 0 aliphatic heterocycles. The first kappa shape index (κ1) is 22.0. The molecule has 1 unspecified atom stereocenters. The summed E-state index contributed by atoms with van der Waals surface area (Å²) in [6.07, 6.45) is 0. The van der Waals surface area contributed by atoms with Crippen LogP contribution in [-0.4, -0.2) is 51.3 Å². The Bertz CT molecular complexity index is 679. The van der Waals surface area contributed by atoms with Gasteiger partial charge in [0.1, 0.15) is 18.1 Å². The fourth-order valence-corrected chi connectivity index (χ4v) is 3.39. The van der Waals surface area contributed by atoms with Crippen LogP contribution in [0.25, 0.3) is 0 Å². The summed E-state index contributed by atoms with van der Waals surface area (Å²) >= 11 is 6.15. The first-order chi connectivity index (χ1) is 11.7. The molecule has 0 fully saturated rings. The summed E-state index contributed by atoms with van der Waals surface area (Å²) in [6, 6.07) is 12.7. The van der Waals surface area contributed by atoms with Gasteiger partial charge in [-0.05, 0) is 45.1 Å². The van der Waals surface area contributed by atoms with Crippen LogP contribution in [0.1, 0.15) is 17.3 Å². The number of benzene rings is 2. The molecule has 0 bridgehead atoms. The Labute approximate surface area is 167 Å². The van der Waals surface area contributed by atoms with Gasteiger partial charge < -0.3 is 14.2 Å². The van der Waals surface area contributed by atoms with Crippen LogP contribution in [0.3, 0.4) is 0 Å². The third-order valence-corrected chi connectivity index (χ3v) is 4.65. The summed E-state index contributed by atoms with van der Waals surface area (Å²) in [6.45, 7) is 3.69. The molecule has 1 atom stereocenters. The third-order valence-electron chi connectivity index (χ3n) is 3.24. The average molecular weight is 374 g/mol. The summed E-state index contributed by atoms with van der Waals surface area (Å²) in [5, 5.41) is 1.32. The van der Waals surface area contributed by atoms with E-state index in [4.69, 9.17) is 25.8 Å². The van der Waals surface area contributed by atoms with E-state index >= 15 is 0 Å². The molecule has 0 heterocycles. The molecule has 129 valence electrons. The van der Waals surface area contributed by atoms with E-state index in [0.717, 1.165) is 11.1 Å². The molecule has 0 saturated heterocycles. The monoisotopic (exact) mass is 373 g/mol. The molecule has 0 saturated carbocycles. The van der Waals surface area contributed by atoms with Crippen LogP contribution in [0.15, 0.2) is 42.5 Å². The topological polar surface area (TPSA) is 44.8 Å². The van der Waals surface area contributed by atoms with Crippen molar-refractivity contribution in [2.45, 2.75) is 6.92 Å². The third kappa shape index (κ3) is 6.66. The zero-order chi connectivity index (χ0) is 17.4. The Morgan fingerprint density at radius 3 is 2.48 bits per heavy atom. The van der Waals surface area contributed by atoms with Gasteiger partial charge in [0.05, 0.1) is 24.3 Å². The number of hydrogen-bond donors (Lipinski definition) is 0. The van der Waals surface area contributed by atoms with E-state index in [0.29, 0.717) is 36.2 Å². The zero-order valence-electron chi connectivity index (χ0n) is 14.7. The summed E-state index contributed by atoms with van der Waals surface area (Å²) in [4.78, 5) is 12.5. The normalized spacial score (nSPS) is 10.5. The van der Waals surface area contributed by atoms with Crippen LogP contribution < -0.4 is 14.8 Å². The van der Waals surface area contributed by atoms with Crippen LogP contribution in [0.4, 0.5) is 0 Å². The molecule has 0 aliphatic rings. The maximum absolute atomic E-state index is 12.5. The number of halogens is 1. The Morgan fingerprint density at radius 1 is 1.12 bits per heavy atom. The van der Waals surface area contributed by atoms with Crippen molar-refractivity contribution in [3.63, 3.8) is 0 Å². The quantitative estimate of drug-likeness (QED) is 0.383. The Kier molecular flexibility index (Phi) is 10.2. The molecule has 0 N–H and O–H groups in total. The fourth-order valence-electron chi connectivity index (χ4n) is 2.09. The van der Waals surface area contributed by atoms with E-state index in [1.165, 1.54) is 7.11 Å². The van der Waals surface area contributed by atoms with Gasteiger partial charge in [-0.2, -0.15) is 0 Å². The molecule has 2 rings (SSSR count). The van der Waals surface area contributed by atoms with Crippen LogP contribution >= 0.6 is 20.2 Å². The molecule has 0 aliphatic carbocycles. The van der Waals surface area contributed by atoms with Gasteiger partial charge in [0.15, 0.2) is 5.52 Å². The molecule has 2 aromatic rings. The van der Waals surface area contributed by atoms with Crippen LogP contribution in [0.5, 0.6) is 11.5 Å². The molecule has 2 aromatic carbocycles. The van der Waals surface area contributed by atoms with Crippen LogP contribution in [-0.2, 0) is 4.74 Å². The summed E-state index contributed by atoms with van der Waals surface area (Å²) in [7, 11) is 1.49. The second-order valence-electron chi connectivity index (χ2n) is 4.84. The summed E-state index contributed by atoms with van der Waals surface area (Å²) in [5.74, 6) is 1.25. The first-order valence-corrected chi connectivity index (χ1v) is 8.98. The second-order valence-corrected chi connectivity index (χ2v) is 6.53. The van der Waals surface area contributed by atoms with E-state index in [1.54, 1.807) is 18.2 Å². The molecule has 4 nitrogen and oxygen atoms in total. The predicted octanol–water partition coefficient (Wildman–Crippen LogP) is 3.53. The van der Waals surface area contributed by atoms with Crippen molar-refractivity contribution in [3.05, 3.63) is 53.1 Å². The van der Waals surface area contributed by atoms with E-state index in [1.807, 2.05) is 31.2 Å². The van der Waals surface area contributed by atoms with Gasteiger partial charge in [-0.3, -0.25) is 4.79 Å². The predicted molar refractivity (Wildman–Crippen MR) is 104 cm³/mol. The van der Waals surface area contributed by atoms with Gasteiger partial charge in [-0.25, -0.2) is 0 Å². The van der Waals surface area contributed by atoms with Gasteiger partial charge in [0, 0.05) is 25.5 Å². The van der Waals surface area contributed by atoms with Gasteiger partial charge >= 0.3 is 0 Å². The van der Waals surface area contributed by atoms with E-state index in [9.17, 15) is 4.79 Å². The molecule has 25 heavy (non-hydrogen) atoms. The number of ether oxygens (including phenoxy) is 3. The van der Waals surface area contributed by atoms with Gasteiger partial charge in [-0.1, -0.05) is 29.8 Å². The fraction of sp³-hybridized carbons (Fsp3) is 0.278. The minimum absolute atomic E-state index is 0. The number of carbonyl (C=O) groups excluding carboxylic acids is 1. The SMILES string of the molecule is CCOCCOc1ccc(PC(=O)c2c(Cl)cccc2OC)cc1.[Li]. The van der Waals surface area contributed by atoms with Crippen molar-refractivity contribution in [1.82, 2.24) is 0 Å². The maximum Gasteiger partial charge on any atom is 0.190 e. The molecule has 0 amide bonds. The maximum atomic E-state index is 12.5. The van der Waals surface area contributed by atoms with Crippen LogP contribution in [0.2, 0.25) is 5.02 Å². The van der Waals surface area contributed by atoms with Crippen molar-refractivity contribution in [2.75, 3.05) is 26.9 Å². The minimum Gasteiger partial charge on any atom is -0.496 e. The van der Waals surface area contributed by atoms with Crippen molar-refractivity contribution >= 4 is 49.9 Å². The summed E-state index contributed by atoms with van der Waals surface area (Å²) < 4.78 is 16.0. The Balaban J connectivity index is 0.00000312. The minimum atomic E-state index is -0.0533. The van der Waals surface area contributed by atoms with E-state index in [2.05, 4.69) is 0 Å². The number of methoxy groups -OCH3 is 1.